The highest BCUT2D eigenvalue weighted by Gasteiger charge is 2.27. The van der Waals surface area contributed by atoms with Crippen LogP contribution in [0.1, 0.15) is 41.0 Å². The fraction of sp³-hybridized carbons (Fsp3) is 0.643. The number of thiazole rings is 1. The van der Waals surface area contributed by atoms with Crippen LogP contribution in [0.5, 0.6) is 0 Å². The van der Waals surface area contributed by atoms with Crippen molar-refractivity contribution in [1.29, 1.82) is 0 Å². The quantitative estimate of drug-likeness (QED) is 0.816. The predicted molar refractivity (Wildman–Crippen MR) is 83.8 cm³/mol. The van der Waals surface area contributed by atoms with Gasteiger partial charge in [0.1, 0.15) is 4.88 Å². The summed E-state index contributed by atoms with van der Waals surface area (Å²) < 4.78 is 0.378. The Morgan fingerprint density at radius 1 is 1.48 bits per heavy atom. The molecule has 2 rings (SSSR count). The summed E-state index contributed by atoms with van der Waals surface area (Å²) in [5, 5.41) is 2.84. The second kappa shape index (κ2) is 7.22. The maximum atomic E-state index is 11.9. The first-order valence-electron chi connectivity index (χ1n) is 7.15. The molecule has 0 aliphatic heterocycles. The van der Waals surface area contributed by atoms with Gasteiger partial charge in [-0.1, -0.05) is 29.4 Å². The van der Waals surface area contributed by atoms with Crippen LogP contribution in [0.2, 0.25) is 4.47 Å². The molecule has 1 heterocycles. The maximum Gasteiger partial charge on any atom is 0.263 e. The topological polar surface area (TPSA) is 62.3 Å². The first-order valence-corrected chi connectivity index (χ1v) is 8.34. The van der Waals surface area contributed by atoms with Crippen molar-refractivity contribution in [1.82, 2.24) is 15.2 Å². The third-order valence-electron chi connectivity index (χ3n) is 3.76. The molecular weight excluding hydrogens is 310 g/mol. The van der Waals surface area contributed by atoms with E-state index >= 15 is 0 Å². The number of amides is 2. The van der Waals surface area contributed by atoms with Gasteiger partial charge < -0.3 is 10.2 Å². The minimum atomic E-state index is -0.148. The number of aromatic nitrogens is 1. The van der Waals surface area contributed by atoms with Crippen LogP contribution in [0.15, 0.2) is 0 Å². The summed E-state index contributed by atoms with van der Waals surface area (Å²) in [4.78, 5) is 30.2. The second-order valence-corrected chi connectivity index (χ2v) is 6.96. The van der Waals surface area contributed by atoms with Crippen LogP contribution in [-0.2, 0) is 4.79 Å². The number of nitrogens with one attached hydrogen (secondary N) is 1. The zero-order valence-electron chi connectivity index (χ0n) is 12.3. The average molecular weight is 330 g/mol. The fourth-order valence-corrected chi connectivity index (χ4v) is 3.32. The Morgan fingerprint density at radius 2 is 2.19 bits per heavy atom. The molecule has 21 heavy (non-hydrogen) atoms. The van der Waals surface area contributed by atoms with Gasteiger partial charge in [0.25, 0.3) is 5.91 Å². The highest BCUT2D eigenvalue weighted by Crippen LogP contribution is 2.27. The van der Waals surface area contributed by atoms with E-state index in [0.29, 0.717) is 28.1 Å². The van der Waals surface area contributed by atoms with Crippen LogP contribution < -0.4 is 5.32 Å². The first-order chi connectivity index (χ1) is 9.99. The molecule has 0 radical (unpaired) electrons. The Morgan fingerprint density at radius 3 is 2.71 bits per heavy atom. The van der Waals surface area contributed by atoms with E-state index < -0.39 is 0 Å². The van der Waals surface area contributed by atoms with E-state index in [4.69, 9.17) is 11.6 Å². The van der Waals surface area contributed by atoms with Crippen molar-refractivity contribution in [3.8, 4) is 0 Å². The Kier molecular flexibility index (Phi) is 5.58. The first kappa shape index (κ1) is 16.2. The summed E-state index contributed by atoms with van der Waals surface area (Å²) in [5.74, 6) is 0.314. The maximum absolute atomic E-state index is 11.9. The van der Waals surface area contributed by atoms with E-state index in [1.807, 2.05) is 7.05 Å². The molecule has 0 bridgehead atoms. The van der Waals surface area contributed by atoms with Crippen molar-refractivity contribution >= 4 is 34.8 Å². The molecular formula is C14H20ClN3O2S. The van der Waals surface area contributed by atoms with Gasteiger partial charge in [0, 0.05) is 26.1 Å². The van der Waals surface area contributed by atoms with E-state index in [-0.39, 0.29) is 17.7 Å². The number of rotatable bonds is 6. The minimum absolute atomic E-state index is 0.148. The van der Waals surface area contributed by atoms with Gasteiger partial charge in [-0.15, -0.1) is 0 Å². The summed E-state index contributed by atoms with van der Waals surface area (Å²) in [6, 6.07) is 0. The number of hydrogen-bond acceptors (Lipinski definition) is 4. The largest absolute Gasteiger partial charge is 0.351 e. The molecule has 0 aromatic carbocycles. The molecule has 1 fully saturated rings. The van der Waals surface area contributed by atoms with Gasteiger partial charge in [-0.2, -0.15) is 0 Å². The minimum Gasteiger partial charge on any atom is -0.351 e. The Balaban J connectivity index is 1.68. The summed E-state index contributed by atoms with van der Waals surface area (Å²) >= 11 is 6.96. The van der Waals surface area contributed by atoms with Crippen LogP contribution in [0.25, 0.3) is 0 Å². The average Bonchev–Trinajstić information content (AvgIpc) is 2.71. The van der Waals surface area contributed by atoms with E-state index in [2.05, 4.69) is 10.3 Å². The molecule has 2 amide bonds. The second-order valence-electron chi connectivity index (χ2n) is 5.38. The SMILES string of the molecule is Cc1nc(Cl)sc1C(=O)NCCCN(C)C(=O)C1CCC1. The molecule has 1 saturated carbocycles. The Hall–Kier alpha value is -1.14. The number of halogens is 1. The molecule has 1 aliphatic carbocycles. The van der Waals surface area contributed by atoms with Crippen molar-refractivity contribution in [3.05, 3.63) is 15.0 Å². The van der Waals surface area contributed by atoms with Crippen molar-refractivity contribution in [3.63, 3.8) is 0 Å². The van der Waals surface area contributed by atoms with Crippen LogP contribution in [0.4, 0.5) is 0 Å². The molecule has 0 unspecified atom stereocenters. The lowest BCUT2D eigenvalue weighted by Crippen LogP contribution is -2.37. The molecule has 0 saturated heterocycles. The molecule has 1 aromatic rings. The highest BCUT2D eigenvalue weighted by atomic mass is 35.5. The lowest BCUT2D eigenvalue weighted by Gasteiger charge is -2.29. The van der Waals surface area contributed by atoms with Gasteiger partial charge in [0.05, 0.1) is 5.69 Å². The van der Waals surface area contributed by atoms with Crippen LogP contribution in [0.3, 0.4) is 0 Å². The summed E-state index contributed by atoms with van der Waals surface area (Å²) in [6.07, 6.45) is 3.94. The number of nitrogens with zero attached hydrogens (tertiary/aromatic N) is 2. The van der Waals surface area contributed by atoms with Crippen LogP contribution >= 0.6 is 22.9 Å². The summed E-state index contributed by atoms with van der Waals surface area (Å²) in [5.41, 5.74) is 0.653. The van der Waals surface area contributed by atoms with Crippen LogP contribution in [0, 0.1) is 12.8 Å². The van der Waals surface area contributed by atoms with E-state index in [9.17, 15) is 9.59 Å². The number of hydrogen-bond donors (Lipinski definition) is 1. The van der Waals surface area contributed by atoms with Gasteiger partial charge in [0.2, 0.25) is 5.91 Å². The zero-order chi connectivity index (χ0) is 15.4. The molecule has 5 nitrogen and oxygen atoms in total. The molecule has 0 atom stereocenters. The molecule has 1 aromatic heterocycles. The van der Waals surface area contributed by atoms with Crippen molar-refractivity contribution in [2.24, 2.45) is 5.92 Å². The Labute approximate surface area is 133 Å². The normalized spacial score (nSPS) is 14.6. The van der Waals surface area contributed by atoms with Gasteiger partial charge in [-0.3, -0.25) is 9.59 Å². The third kappa shape index (κ3) is 4.17. The van der Waals surface area contributed by atoms with Gasteiger partial charge in [0.15, 0.2) is 4.47 Å². The van der Waals surface area contributed by atoms with Crippen molar-refractivity contribution in [2.45, 2.75) is 32.6 Å². The van der Waals surface area contributed by atoms with E-state index in [1.54, 1.807) is 11.8 Å². The summed E-state index contributed by atoms with van der Waals surface area (Å²) in [7, 11) is 1.83. The third-order valence-corrected chi connectivity index (χ3v) is 5.02. The fourth-order valence-electron chi connectivity index (χ4n) is 2.25. The van der Waals surface area contributed by atoms with Gasteiger partial charge >= 0.3 is 0 Å². The van der Waals surface area contributed by atoms with Crippen LogP contribution in [-0.4, -0.2) is 41.8 Å². The van der Waals surface area contributed by atoms with Crippen molar-refractivity contribution in [2.75, 3.05) is 20.1 Å². The smallest absolute Gasteiger partial charge is 0.263 e. The Bertz CT molecular complexity index is 528. The zero-order valence-corrected chi connectivity index (χ0v) is 13.9. The lowest BCUT2D eigenvalue weighted by molar-refractivity contribution is -0.136. The molecule has 1 aliphatic rings. The number of carbonyl (C=O) groups is 2. The molecule has 1 N–H and O–H groups in total. The van der Waals surface area contributed by atoms with Gasteiger partial charge in [-0.25, -0.2) is 4.98 Å². The van der Waals surface area contributed by atoms with E-state index in [0.717, 1.165) is 25.7 Å². The molecule has 0 spiro atoms. The molecule has 7 heteroatoms. The summed E-state index contributed by atoms with van der Waals surface area (Å²) in [6.45, 7) is 2.97. The van der Waals surface area contributed by atoms with E-state index in [1.165, 1.54) is 11.3 Å². The van der Waals surface area contributed by atoms with Gasteiger partial charge in [-0.05, 0) is 26.2 Å². The molecule has 116 valence electrons. The lowest BCUT2D eigenvalue weighted by atomic mass is 9.84. The van der Waals surface area contributed by atoms with Crippen molar-refractivity contribution < 1.29 is 9.59 Å². The number of carbonyl (C=O) groups excluding carboxylic acids is 2. The number of aryl methyl sites for hydroxylation is 1. The monoisotopic (exact) mass is 329 g/mol. The standard InChI is InChI=1S/C14H20ClN3O2S/c1-9-11(21-14(15)17-9)12(19)16-7-4-8-18(2)13(20)10-5-3-6-10/h10H,3-8H2,1-2H3,(H,16,19). The highest BCUT2D eigenvalue weighted by molar-refractivity contribution is 7.17. The predicted octanol–water partition coefficient (Wildman–Crippen LogP) is 2.48.